The molecule has 0 aliphatic carbocycles. The lowest BCUT2D eigenvalue weighted by molar-refractivity contribution is -0.116. The summed E-state index contributed by atoms with van der Waals surface area (Å²) in [6, 6.07) is 6.26. The van der Waals surface area contributed by atoms with E-state index in [4.69, 9.17) is 0 Å². The molecule has 1 aromatic heterocycles. The molecule has 17 heavy (non-hydrogen) atoms. The number of Topliss-reactive ketones (excluding diaryl/α,β-unsaturated/α-hetero) is 1. The topological polar surface area (TPSA) is 45.8 Å². The Morgan fingerprint density at radius 3 is 2.88 bits per heavy atom. The minimum absolute atomic E-state index is 0.0459. The Hall–Kier alpha value is -1.97. The number of imidazole rings is 1. The van der Waals surface area contributed by atoms with Crippen LogP contribution in [-0.2, 0) is 11.2 Å². The molecule has 1 heterocycles. The Kier molecular flexibility index (Phi) is 3.04. The Balaban J connectivity index is 2.39. The molecule has 0 atom stereocenters. The van der Waals surface area contributed by atoms with Gasteiger partial charge in [-0.25, -0.2) is 9.37 Å². The van der Waals surface area contributed by atoms with Gasteiger partial charge in [0.1, 0.15) is 17.4 Å². The number of rotatable bonds is 3. The highest BCUT2D eigenvalue weighted by Gasteiger charge is 2.10. The maximum atomic E-state index is 13.1. The molecule has 88 valence electrons. The number of hydrogen-bond acceptors (Lipinski definition) is 2. The highest BCUT2D eigenvalue weighted by molar-refractivity contribution is 5.77. The number of aromatic nitrogens is 2. The lowest BCUT2D eigenvalue weighted by atomic mass is 10.1. The standard InChI is InChI=1S/C13H13FN2O/c1-8(17)6-12-15-9(2)13(16-12)10-4-3-5-11(14)7-10/h3-5,7H,6H2,1-2H3,(H,15,16). The highest BCUT2D eigenvalue weighted by atomic mass is 19.1. The van der Waals surface area contributed by atoms with Gasteiger partial charge in [0.05, 0.1) is 12.1 Å². The van der Waals surface area contributed by atoms with Crippen LogP contribution in [0.15, 0.2) is 24.3 Å². The lowest BCUT2D eigenvalue weighted by Gasteiger charge is -1.97. The number of ketones is 1. The molecule has 0 saturated heterocycles. The minimum Gasteiger partial charge on any atom is -0.345 e. The number of hydrogen-bond donors (Lipinski definition) is 1. The largest absolute Gasteiger partial charge is 0.345 e. The summed E-state index contributed by atoms with van der Waals surface area (Å²) >= 11 is 0. The highest BCUT2D eigenvalue weighted by Crippen LogP contribution is 2.21. The molecule has 0 bridgehead atoms. The van der Waals surface area contributed by atoms with Gasteiger partial charge in [0.25, 0.3) is 0 Å². The van der Waals surface area contributed by atoms with Crippen molar-refractivity contribution in [2.24, 2.45) is 0 Å². The molecule has 4 heteroatoms. The summed E-state index contributed by atoms with van der Waals surface area (Å²) in [5, 5.41) is 0. The molecule has 3 nitrogen and oxygen atoms in total. The Morgan fingerprint density at radius 1 is 1.47 bits per heavy atom. The van der Waals surface area contributed by atoms with Crippen LogP contribution in [-0.4, -0.2) is 15.8 Å². The van der Waals surface area contributed by atoms with Crippen molar-refractivity contribution in [3.8, 4) is 11.3 Å². The van der Waals surface area contributed by atoms with Gasteiger partial charge in [-0.1, -0.05) is 12.1 Å². The number of carbonyl (C=O) groups is 1. The molecule has 0 saturated carbocycles. The number of nitrogens with zero attached hydrogens (tertiary/aromatic N) is 1. The number of aryl methyl sites for hydroxylation is 1. The van der Waals surface area contributed by atoms with Crippen molar-refractivity contribution in [2.45, 2.75) is 20.3 Å². The zero-order valence-electron chi connectivity index (χ0n) is 9.75. The fourth-order valence-electron chi connectivity index (χ4n) is 1.76. The van der Waals surface area contributed by atoms with E-state index in [1.54, 1.807) is 12.1 Å². The summed E-state index contributed by atoms with van der Waals surface area (Å²) in [6.07, 6.45) is 0.274. The van der Waals surface area contributed by atoms with Crippen LogP contribution in [0.25, 0.3) is 11.3 Å². The molecule has 0 unspecified atom stereocenters. The summed E-state index contributed by atoms with van der Waals surface area (Å²) in [7, 11) is 0. The Labute approximate surface area is 98.7 Å². The maximum Gasteiger partial charge on any atom is 0.137 e. The van der Waals surface area contributed by atoms with E-state index in [0.717, 1.165) is 5.69 Å². The number of aromatic amines is 1. The average Bonchev–Trinajstić information content (AvgIpc) is 2.58. The van der Waals surface area contributed by atoms with E-state index in [2.05, 4.69) is 9.97 Å². The molecule has 0 aliphatic rings. The van der Waals surface area contributed by atoms with Gasteiger partial charge in [-0.2, -0.15) is 0 Å². The number of H-pyrrole nitrogens is 1. The van der Waals surface area contributed by atoms with Gasteiger partial charge in [0.15, 0.2) is 0 Å². The summed E-state index contributed by atoms with van der Waals surface area (Å²) < 4.78 is 13.1. The molecular formula is C13H13FN2O. The molecule has 1 N–H and O–H groups in total. The van der Waals surface area contributed by atoms with E-state index in [1.807, 2.05) is 6.92 Å². The van der Waals surface area contributed by atoms with Gasteiger partial charge in [-0.15, -0.1) is 0 Å². The van der Waals surface area contributed by atoms with Gasteiger partial charge >= 0.3 is 0 Å². The first-order valence-electron chi connectivity index (χ1n) is 5.37. The normalized spacial score (nSPS) is 10.5. The first-order valence-corrected chi connectivity index (χ1v) is 5.37. The molecule has 1 aromatic carbocycles. The Morgan fingerprint density at radius 2 is 2.24 bits per heavy atom. The van der Waals surface area contributed by atoms with Crippen LogP contribution in [0.2, 0.25) is 0 Å². The summed E-state index contributed by atoms with van der Waals surface area (Å²) in [5.74, 6) is 0.372. The van der Waals surface area contributed by atoms with E-state index in [-0.39, 0.29) is 18.0 Å². The van der Waals surface area contributed by atoms with Crippen molar-refractivity contribution in [1.29, 1.82) is 0 Å². The van der Waals surface area contributed by atoms with Crippen LogP contribution in [0.5, 0.6) is 0 Å². The van der Waals surface area contributed by atoms with Gasteiger partial charge in [-0.05, 0) is 26.0 Å². The molecular weight excluding hydrogens is 219 g/mol. The number of nitrogens with one attached hydrogen (secondary N) is 1. The fraction of sp³-hybridized carbons (Fsp3) is 0.231. The zero-order valence-corrected chi connectivity index (χ0v) is 9.75. The van der Waals surface area contributed by atoms with Crippen molar-refractivity contribution >= 4 is 5.78 Å². The van der Waals surface area contributed by atoms with E-state index < -0.39 is 0 Å². The smallest absolute Gasteiger partial charge is 0.137 e. The molecule has 0 aliphatic heterocycles. The summed E-state index contributed by atoms with van der Waals surface area (Å²) in [4.78, 5) is 18.4. The van der Waals surface area contributed by atoms with Gasteiger partial charge in [-0.3, -0.25) is 4.79 Å². The van der Waals surface area contributed by atoms with Crippen LogP contribution in [0, 0.1) is 12.7 Å². The predicted octanol–water partition coefficient (Wildman–Crippen LogP) is 2.66. The van der Waals surface area contributed by atoms with Crippen LogP contribution in [0.1, 0.15) is 18.4 Å². The second-order valence-corrected chi connectivity index (χ2v) is 4.05. The molecule has 0 fully saturated rings. The van der Waals surface area contributed by atoms with Gasteiger partial charge in [0, 0.05) is 11.3 Å². The van der Waals surface area contributed by atoms with E-state index in [1.165, 1.54) is 19.1 Å². The summed E-state index contributed by atoms with van der Waals surface area (Å²) in [5.41, 5.74) is 2.25. The predicted molar refractivity (Wildman–Crippen MR) is 63.1 cm³/mol. The summed E-state index contributed by atoms with van der Waals surface area (Å²) in [6.45, 7) is 3.37. The van der Waals surface area contributed by atoms with Crippen molar-refractivity contribution in [3.05, 3.63) is 41.6 Å². The lowest BCUT2D eigenvalue weighted by Crippen LogP contribution is -1.98. The van der Waals surface area contributed by atoms with Crippen molar-refractivity contribution in [2.75, 3.05) is 0 Å². The average molecular weight is 232 g/mol. The quantitative estimate of drug-likeness (QED) is 0.884. The Bertz CT molecular complexity index is 560. The third-order valence-corrected chi connectivity index (χ3v) is 2.45. The SMILES string of the molecule is CC(=O)Cc1nc(-c2cccc(F)c2)c(C)[nH]1. The molecule has 2 aromatic rings. The third kappa shape index (κ3) is 2.58. The van der Waals surface area contributed by atoms with Crippen LogP contribution in [0.3, 0.4) is 0 Å². The first-order chi connectivity index (χ1) is 8.06. The monoisotopic (exact) mass is 232 g/mol. The second kappa shape index (κ2) is 4.49. The van der Waals surface area contributed by atoms with Crippen molar-refractivity contribution < 1.29 is 9.18 Å². The van der Waals surface area contributed by atoms with Crippen LogP contribution < -0.4 is 0 Å². The second-order valence-electron chi connectivity index (χ2n) is 4.05. The maximum absolute atomic E-state index is 13.1. The third-order valence-electron chi connectivity index (χ3n) is 2.45. The van der Waals surface area contributed by atoms with Crippen molar-refractivity contribution in [1.82, 2.24) is 9.97 Å². The number of carbonyl (C=O) groups excluding carboxylic acids is 1. The van der Waals surface area contributed by atoms with Crippen LogP contribution in [0.4, 0.5) is 4.39 Å². The molecule has 0 spiro atoms. The molecule has 0 radical (unpaired) electrons. The first kappa shape index (κ1) is 11.5. The van der Waals surface area contributed by atoms with Crippen LogP contribution >= 0.6 is 0 Å². The number of benzene rings is 1. The molecule has 0 amide bonds. The fourth-order valence-corrected chi connectivity index (χ4v) is 1.76. The van der Waals surface area contributed by atoms with Gasteiger partial charge < -0.3 is 4.98 Å². The van der Waals surface area contributed by atoms with E-state index in [0.29, 0.717) is 17.1 Å². The van der Waals surface area contributed by atoms with Crippen molar-refractivity contribution in [3.63, 3.8) is 0 Å². The van der Waals surface area contributed by atoms with Gasteiger partial charge in [0.2, 0.25) is 0 Å². The van der Waals surface area contributed by atoms with E-state index in [9.17, 15) is 9.18 Å². The zero-order chi connectivity index (χ0) is 12.4. The minimum atomic E-state index is -0.294. The molecule has 2 rings (SSSR count). The van der Waals surface area contributed by atoms with E-state index >= 15 is 0 Å². The number of halogens is 1.